The summed E-state index contributed by atoms with van der Waals surface area (Å²) < 4.78 is 18.1. The fraction of sp³-hybridized carbons (Fsp3) is 0.227. The fourth-order valence-corrected chi connectivity index (χ4v) is 5.79. The van der Waals surface area contributed by atoms with Gasteiger partial charge >= 0.3 is 0 Å². The van der Waals surface area contributed by atoms with Crippen LogP contribution in [0.25, 0.3) is 21.5 Å². The molecule has 0 aliphatic carbocycles. The molecule has 1 aliphatic rings. The van der Waals surface area contributed by atoms with Crippen molar-refractivity contribution >= 4 is 45.9 Å². The molecule has 3 heterocycles. The van der Waals surface area contributed by atoms with Gasteiger partial charge in [-0.2, -0.15) is 0 Å². The van der Waals surface area contributed by atoms with Crippen LogP contribution in [0.3, 0.4) is 0 Å². The molecule has 0 radical (unpaired) electrons. The number of fused-ring (bicyclic) bond motifs is 1. The van der Waals surface area contributed by atoms with Crippen LogP contribution in [0, 0.1) is 12.7 Å². The van der Waals surface area contributed by atoms with E-state index in [2.05, 4.69) is 20.6 Å². The van der Waals surface area contributed by atoms with Crippen LogP contribution in [0.5, 0.6) is 0 Å². The molecule has 5 rings (SSSR count). The van der Waals surface area contributed by atoms with Gasteiger partial charge < -0.3 is 10.2 Å². The summed E-state index contributed by atoms with van der Waals surface area (Å²) in [6.45, 7) is 2.12. The molecular weight excluding hydrogens is 465 g/mol. The first kappa shape index (κ1) is 21.5. The average Bonchev–Trinajstić information content (AvgIpc) is 3.56. The molecule has 2 amide bonds. The van der Waals surface area contributed by atoms with Gasteiger partial charge in [0.05, 0.1) is 27.4 Å². The van der Waals surface area contributed by atoms with Crippen molar-refractivity contribution < 1.29 is 18.6 Å². The number of amides is 2. The number of hydrogen-bond donors (Lipinski definition) is 1. The highest BCUT2D eigenvalue weighted by molar-refractivity contribution is 7.99. The third kappa shape index (κ3) is 4.21. The minimum Gasteiger partial charge on any atom is -0.350 e. The minimum absolute atomic E-state index is 0.191. The van der Waals surface area contributed by atoms with Gasteiger partial charge in [0.25, 0.3) is 11.8 Å². The Morgan fingerprint density at radius 2 is 2.03 bits per heavy atom. The molecule has 1 atom stereocenters. The molecule has 11 heteroatoms. The molecule has 4 aromatic rings. The molecule has 1 fully saturated rings. The van der Waals surface area contributed by atoms with Crippen LogP contribution in [0.4, 0.5) is 4.39 Å². The van der Waals surface area contributed by atoms with Gasteiger partial charge in [0.1, 0.15) is 22.5 Å². The Balaban J connectivity index is 1.33. The van der Waals surface area contributed by atoms with Crippen LogP contribution in [-0.2, 0) is 0 Å². The van der Waals surface area contributed by atoms with Gasteiger partial charge in [0, 0.05) is 12.3 Å². The van der Waals surface area contributed by atoms with Gasteiger partial charge in [-0.05, 0) is 47.1 Å². The normalized spacial score (nSPS) is 15.8. The largest absolute Gasteiger partial charge is 0.350 e. The topological polar surface area (TPSA) is 101 Å². The van der Waals surface area contributed by atoms with Crippen molar-refractivity contribution in [3.05, 3.63) is 64.5 Å². The number of rotatable bonds is 5. The Kier molecular flexibility index (Phi) is 5.81. The molecule has 8 nitrogen and oxygen atoms in total. The van der Waals surface area contributed by atoms with Crippen molar-refractivity contribution in [1.82, 2.24) is 25.5 Å². The van der Waals surface area contributed by atoms with Gasteiger partial charge in [-0.1, -0.05) is 18.2 Å². The lowest BCUT2D eigenvalue weighted by Crippen LogP contribution is -2.44. The number of hydrogen-bond acceptors (Lipinski definition) is 8. The summed E-state index contributed by atoms with van der Waals surface area (Å²) in [4.78, 5) is 33.1. The van der Waals surface area contributed by atoms with Gasteiger partial charge in [0.2, 0.25) is 0 Å². The number of nitrogens with zero attached hydrogens (tertiary/aromatic N) is 4. The zero-order valence-electron chi connectivity index (χ0n) is 17.4. The molecule has 33 heavy (non-hydrogen) atoms. The van der Waals surface area contributed by atoms with E-state index in [9.17, 15) is 14.0 Å². The molecule has 2 aromatic heterocycles. The first-order valence-corrected chi connectivity index (χ1v) is 12.1. The molecule has 1 aliphatic heterocycles. The lowest BCUT2D eigenvalue weighted by Gasteiger charge is -2.23. The molecule has 0 unspecified atom stereocenters. The highest BCUT2D eigenvalue weighted by Gasteiger charge is 2.33. The number of thiazole rings is 1. The van der Waals surface area contributed by atoms with E-state index in [1.807, 2.05) is 6.92 Å². The summed E-state index contributed by atoms with van der Waals surface area (Å²) in [6, 6.07) is 10.9. The predicted molar refractivity (Wildman–Crippen MR) is 124 cm³/mol. The van der Waals surface area contributed by atoms with E-state index in [-0.39, 0.29) is 30.2 Å². The molecular formula is C22H18FN5O3S2. The van der Waals surface area contributed by atoms with Gasteiger partial charge in [0.15, 0.2) is 0 Å². The highest BCUT2D eigenvalue weighted by atomic mass is 32.2. The van der Waals surface area contributed by atoms with Crippen LogP contribution in [0.15, 0.2) is 47.1 Å². The van der Waals surface area contributed by atoms with Crippen molar-refractivity contribution in [3.63, 3.8) is 0 Å². The Morgan fingerprint density at radius 1 is 1.21 bits per heavy atom. The number of aromatic nitrogens is 3. The quantitative estimate of drug-likeness (QED) is 0.461. The van der Waals surface area contributed by atoms with E-state index in [4.69, 9.17) is 4.63 Å². The van der Waals surface area contributed by atoms with Crippen molar-refractivity contribution in [2.45, 2.75) is 13.0 Å². The summed E-state index contributed by atoms with van der Waals surface area (Å²) in [5, 5.41) is 11.2. The molecule has 0 spiro atoms. The monoisotopic (exact) mass is 483 g/mol. The number of benzene rings is 2. The lowest BCUT2D eigenvalue weighted by molar-refractivity contribution is 0.0732. The number of carbonyl (C=O) groups excluding carboxylic acids is 2. The smallest absolute Gasteiger partial charge is 0.275 e. The van der Waals surface area contributed by atoms with Crippen molar-refractivity contribution in [3.8, 4) is 10.4 Å². The second-order valence-electron chi connectivity index (χ2n) is 7.49. The summed E-state index contributed by atoms with van der Waals surface area (Å²) in [5.74, 6) is 0.345. The first-order chi connectivity index (χ1) is 16.0. The summed E-state index contributed by atoms with van der Waals surface area (Å²) >= 11 is 3.02. The Labute approximate surface area is 196 Å². The fourth-order valence-electron chi connectivity index (χ4n) is 3.68. The lowest BCUT2D eigenvalue weighted by atomic mass is 10.1. The minimum atomic E-state index is -0.336. The summed E-state index contributed by atoms with van der Waals surface area (Å²) in [6.07, 6.45) is 0. The third-order valence-corrected chi connectivity index (χ3v) is 7.42. The zero-order valence-corrected chi connectivity index (χ0v) is 19.1. The van der Waals surface area contributed by atoms with Crippen molar-refractivity contribution in [1.29, 1.82) is 0 Å². The van der Waals surface area contributed by atoms with Crippen LogP contribution in [0.1, 0.15) is 25.9 Å². The van der Waals surface area contributed by atoms with Gasteiger partial charge in [-0.25, -0.2) is 14.0 Å². The number of carbonyl (C=O) groups is 2. The second-order valence-corrected chi connectivity index (χ2v) is 9.70. The summed E-state index contributed by atoms with van der Waals surface area (Å²) in [7, 11) is 0. The predicted octanol–water partition coefficient (Wildman–Crippen LogP) is 3.74. The first-order valence-electron chi connectivity index (χ1n) is 10.1. The SMILES string of the molecule is Cc1nc(C(=O)N2CSC[C@H]2CNC(=O)c2cccc3nonc23)c(-c2ccc(F)cc2)s1. The maximum Gasteiger partial charge on any atom is 0.275 e. The molecule has 1 N–H and O–H groups in total. The number of halogens is 1. The number of nitrogens with one attached hydrogen (secondary N) is 1. The van der Waals surface area contributed by atoms with E-state index in [0.717, 1.165) is 10.6 Å². The second kappa shape index (κ2) is 8.91. The Morgan fingerprint density at radius 3 is 2.85 bits per heavy atom. The van der Waals surface area contributed by atoms with Crippen LogP contribution in [-0.4, -0.2) is 56.2 Å². The van der Waals surface area contributed by atoms with Crippen LogP contribution < -0.4 is 5.32 Å². The van der Waals surface area contributed by atoms with Crippen LogP contribution >= 0.6 is 23.1 Å². The number of aryl methyl sites for hydroxylation is 1. The van der Waals surface area contributed by atoms with E-state index in [0.29, 0.717) is 38.8 Å². The standard InChI is InChI=1S/C22H18FN5O3S2/c1-12-25-19(20(33-12)13-5-7-14(23)8-6-13)22(30)28-11-32-10-15(28)9-24-21(29)16-3-2-4-17-18(16)27-31-26-17/h2-8,15H,9-11H2,1H3,(H,24,29)/t15-/m1/s1. The average molecular weight is 484 g/mol. The van der Waals surface area contributed by atoms with E-state index < -0.39 is 0 Å². The van der Waals surface area contributed by atoms with E-state index in [1.54, 1.807) is 47.0 Å². The van der Waals surface area contributed by atoms with Gasteiger partial charge in [-0.3, -0.25) is 9.59 Å². The zero-order chi connectivity index (χ0) is 22.9. The van der Waals surface area contributed by atoms with Crippen LogP contribution in [0.2, 0.25) is 0 Å². The molecule has 0 saturated carbocycles. The molecule has 168 valence electrons. The van der Waals surface area contributed by atoms with E-state index >= 15 is 0 Å². The highest BCUT2D eigenvalue weighted by Crippen LogP contribution is 2.33. The maximum atomic E-state index is 13.4. The molecule has 0 bridgehead atoms. The Bertz CT molecular complexity index is 1340. The Hall–Kier alpha value is -3.31. The van der Waals surface area contributed by atoms with E-state index in [1.165, 1.54) is 23.5 Å². The number of thioether (sulfide) groups is 1. The maximum absolute atomic E-state index is 13.4. The van der Waals surface area contributed by atoms with Crippen molar-refractivity contribution in [2.75, 3.05) is 18.2 Å². The molecule has 2 aromatic carbocycles. The molecule has 1 saturated heterocycles. The third-order valence-electron chi connectivity index (χ3n) is 5.31. The summed E-state index contributed by atoms with van der Waals surface area (Å²) in [5.41, 5.74) is 2.36. The van der Waals surface area contributed by atoms with Crippen molar-refractivity contribution in [2.24, 2.45) is 0 Å². The van der Waals surface area contributed by atoms with Gasteiger partial charge in [-0.15, -0.1) is 23.1 Å².